The van der Waals surface area contributed by atoms with Gasteiger partial charge in [-0.25, -0.2) is 4.98 Å². The van der Waals surface area contributed by atoms with Gasteiger partial charge in [-0.15, -0.1) is 0 Å². The van der Waals surface area contributed by atoms with Gasteiger partial charge in [-0.2, -0.15) is 4.98 Å². The molecule has 0 atom stereocenters. The molecule has 0 aliphatic heterocycles. The molecule has 0 spiro atoms. The van der Waals surface area contributed by atoms with E-state index in [1.54, 1.807) is 18.2 Å². The lowest BCUT2D eigenvalue weighted by molar-refractivity contribution is 0.102. The van der Waals surface area contributed by atoms with Crippen molar-refractivity contribution in [3.8, 4) is 17.2 Å². The fourth-order valence-electron chi connectivity index (χ4n) is 3.75. The molecular weight excluding hydrogens is 482 g/mol. The van der Waals surface area contributed by atoms with Gasteiger partial charge in [-0.05, 0) is 81.4 Å². The molecule has 1 aromatic heterocycles. The van der Waals surface area contributed by atoms with E-state index >= 15 is 0 Å². The van der Waals surface area contributed by atoms with E-state index < -0.39 is 0 Å². The minimum absolute atomic E-state index is 0.337. The molecule has 1 heterocycles. The Hall–Kier alpha value is -4.79. The molecule has 38 heavy (non-hydrogen) atoms. The molecule has 3 aromatic carbocycles. The minimum Gasteiger partial charge on any atom is -0.496 e. The number of aryl methyl sites for hydroxylation is 1. The molecule has 4 aromatic rings. The quantitative estimate of drug-likeness (QED) is 0.214. The van der Waals surface area contributed by atoms with Crippen molar-refractivity contribution in [1.29, 1.82) is 0 Å². The van der Waals surface area contributed by atoms with E-state index in [4.69, 9.17) is 14.2 Å². The molecule has 9 heteroatoms. The molecule has 4 rings (SSSR count). The van der Waals surface area contributed by atoms with Crippen molar-refractivity contribution in [3.63, 3.8) is 0 Å². The number of carbonyl (C=O) groups is 1. The van der Waals surface area contributed by atoms with Crippen LogP contribution >= 0.6 is 0 Å². The van der Waals surface area contributed by atoms with Crippen molar-refractivity contribution < 1.29 is 19.0 Å². The number of benzene rings is 3. The highest BCUT2D eigenvalue weighted by molar-refractivity contribution is 6.08. The van der Waals surface area contributed by atoms with Gasteiger partial charge in [-0.1, -0.05) is 12.1 Å². The third-order valence-electron chi connectivity index (χ3n) is 5.53. The van der Waals surface area contributed by atoms with E-state index in [9.17, 15) is 4.79 Å². The van der Waals surface area contributed by atoms with Gasteiger partial charge >= 0.3 is 0 Å². The van der Waals surface area contributed by atoms with Crippen LogP contribution in [0.1, 0.15) is 29.9 Å². The van der Waals surface area contributed by atoms with Crippen molar-refractivity contribution in [2.24, 2.45) is 0 Å². The molecule has 0 unspecified atom stereocenters. The lowest BCUT2D eigenvalue weighted by Gasteiger charge is -2.17. The van der Waals surface area contributed by atoms with E-state index in [1.165, 1.54) is 7.11 Å². The Morgan fingerprint density at radius 1 is 0.789 bits per heavy atom. The summed E-state index contributed by atoms with van der Waals surface area (Å²) < 4.78 is 16.4. The summed E-state index contributed by atoms with van der Waals surface area (Å²) in [6, 6.07) is 22.1. The Bertz CT molecular complexity index is 1380. The topological polar surface area (TPSA) is 107 Å². The number of anilines is 5. The summed E-state index contributed by atoms with van der Waals surface area (Å²) in [5, 5.41) is 9.49. The van der Waals surface area contributed by atoms with Crippen LogP contribution in [0.15, 0.2) is 72.8 Å². The average molecular weight is 514 g/mol. The standard InChI is InChI=1S/C29H31N5O4/c1-5-37-22-15-11-20(12-16-22)31-27-26(33-28(35)24-9-7-8-10-25(24)36-4)19(3)30-29(34-27)32-21-13-17-23(18-14-21)38-6-2/h7-18H,5-6H2,1-4H3,(H,33,35)(H2,30,31,32,34). The van der Waals surface area contributed by atoms with Gasteiger partial charge in [0.25, 0.3) is 5.91 Å². The molecule has 1 amide bonds. The summed E-state index contributed by atoms with van der Waals surface area (Å²) in [6.45, 7) is 6.86. The van der Waals surface area contributed by atoms with Crippen molar-refractivity contribution in [1.82, 2.24) is 9.97 Å². The highest BCUT2D eigenvalue weighted by Crippen LogP contribution is 2.31. The van der Waals surface area contributed by atoms with Gasteiger partial charge in [0.2, 0.25) is 5.95 Å². The molecule has 0 aliphatic carbocycles. The summed E-state index contributed by atoms with van der Waals surface area (Å²) in [4.78, 5) is 22.5. The second-order valence-electron chi connectivity index (χ2n) is 8.18. The van der Waals surface area contributed by atoms with Crippen LogP contribution in [0.4, 0.5) is 28.8 Å². The van der Waals surface area contributed by atoms with Crippen LogP contribution in [0.25, 0.3) is 0 Å². The monoisotopic (exact) mass is 513 g/mol. The first-order valence-corrected chi connectivity index (χ1v) is 12.3. The molecule has 0 aliphatic rings. The molecule has 0 saturated heterocycles. The first kappa shape index (κ1) is 26.3. The van der Waals surface area contributed by atoms with Gasteiger partial charge in [-0.3, -0.25) is 4.79 Å². The average Bonchev–Trinajstić information content (AvgIpc) is 2.93. The number of nitrogens with one attached hydrogen (secondary N) is 3. The van der Waals surface area contributed by atoms with Crippen LogP contribution in [0.2, 0.25) is 0 Å². The number of methoxy groups -OCH3 is 1. The van der Waals surface area contributed by atoms with E-state index in [0.29, 0.717) is 47.7 Å². The zero-order valence-corrected chi connectivity index (χ0v) is 21.9. The number of amides is 1. The van der Waals surface area contributed by atoms with Crippen LogP contribution in [-0.4, -0.2) is 36.2 Å². The fraction of sp³-hybridized carbons (Fsp3) is 0.207. The van der Waals surface area contributed by atoms with Crippen LogP contribution in [0.5, 0.6) is 17.2 Å². The summed E-state index contributed by atoms with van der Waals surface area (Å²) in [6.07, 6.45) is 0. The Balaban J connectivity index is 1.66. The number of para-hydroxylation sites is 1. The zero-order chi connectivity index (χ0) is 26.9. The predicted octanol–water partition coefficient (Wildman–Crippen LogP) is 6.33. The second kappa shape index (κ2) is 12.4. The fourth-order valence-corrected chi connectivity index (χ4v) is 3.75. The number of ether oxygens (including phenoxy) is 3. The van der Waals surface area contributed by atoms with E-state index in [1.807, 2.05) is 75.4 Å². The largest absolute Gasteiger partial charge is 0.496 e. The van der Waals surface area contributed by atoms with Crippen molar-refractivity contribution in [3.05, 3.63) is 84.1 Å². The molecule has 3 N–H and O–H groups in total. The Morgan fingerprint density at radius 3 is 1.95 bits per heavy atom. The second-order valence-corrected chi connectivity index (χ2v) is 8.18. The molecule has 0 bridgehead atoms. The molecule has 9 nitrogen and oxygen atoms in total. The number of rotatable bonds is 11. The third-order valence-corrected chi connectivity index (χ3v) is 5.53. The number of nitrogens with zero attached hydrogens (tertiary/aromatic N) is 2. The SMILES string of the molecule is CCOc1ccc(Nc2nc(C)c(NC(=O)c3ccccc3OC)c(Nc3ccc(OCC)cc3)n2)cc1. The zero-order valence-electron chi connectivity index (χ0n) is 21.9. The normalized spacial score (nSPS) is 10.4. The maximum atomic E-state index is 13.2. The van der Waals surface area contributed by atoms with Crippen LogP contribution in [0.3, 0.4) is 0 Å². The summed E-state index contributed by atoms with van der Waals surface area (Å²) in [5.41, 5.74) is 2.99. The predicted molar refractivity (Wildman–Crippen MR) is 150 cm³/mol. The minimum atomic E-state index is -0.337. The van der Waals surface area contributed by atoms with Crippen molar-refractivity contribution >= 4 is 34.7 Å². The summed E-state index contributed by atoms with van der Waals surface area (Å²) in [7, 11) is 1.53. The van der Waals surface area contributed by atoms with Gasteiger partial charge in [0, 0.05) is 11.4 Å². The van der Waals surface area contributed by atoms with Crippen LogP contribution < -0.4 is 30.2 Å². The molecule has 196 valence electrons. The van der Waals surface area contributed by atoms with E-state index in [0.717, 1.165) is 22.9 Å². The van der Waals surface area contributed by atoms with Crippen molar-refractivity contribution in [2.45, 2.75) is 20.8 Å². The summed E-state index contributed by atoms with van der Waals surface area (Å²) in [5.74, 6) is 2.48. The number of aromatic nitrogens is 2. The third kappa shape index (κ3) is 6.50. The maximum absolute atomic E-state index is 13.2. The Kier molecular flexibility index (Phi) is 8.61. The van der Waals surface area contributed by atoms with Gasteiger partial charge < -0.3 is 30.2 Å². The number of carbonyl (C=O) groups excluding carboxylic acids is 1. The van der Waals surface area contributed by atoms with E-state index in [-0.39, 0.29) is 5.91 Å². The summed E-state index contributed by atoms with van der Waals surface area (Å²) >= 11 is 0. The lowest BCUT2D eigenvalue weighted by Crippen LogP contribution is -2.17. The van der Waals surface area contributed by atoms with E-state index in [2.05, 4.69) is 25.9 Å². The van der Waals surface area contributed by atoms with Crippen LogP contribution in [0, 0.1) is 6.92 Å². The first-order chi connectivity index (χ1) is 18.5. The molecular formula is C29H31N5O4. The molecule has 0 fully saturated rings. The van der Waals surface area contributed by atoms with Gasteiger partial charge in [0.05, 0.1) is 31.6 Å². The highest BCUT2D eigenvalue weighted by Gasteiger charge is 2.18. The van der Waals surface area contributed by atoms with Gasteiger partial charge in [0.15, 0.2) is 5.82 Å². The Morgan fingerprint density at radius 2 is 1.37 bits per heavy atom. The molecule has 0 radical (unpaired) electrons. The molecule has 0 saturated carbocycles. The number of hydrogen-bond acceptors (Lipinski definition) is 8. The smallest absolute Gasteiger partial charge is 0.259 e. The van der Waals surface area contributed by atoms with Gasteiger partial charge in [0.1, 0.15) is 22.9 Å². The first-order valence-electron chi connectivity index (χ1n) is 12.3. The van der Waals surface area contributed by atoms with Crippen LogP contribution in [-0.2, 0) is 0 Å². The highest BCUT2D eigenvalue weighted by atomic mass is 16.5. The Labute approximate surface area is 222 Å². The lowest BCUT2D eigenvalue weighted by atomic mass is 10.2. The maximum Gasteiger partial charge on any atom is 0.259 e. The van der Waals surface area contributed by atoms with Crippen molar-refractivity contribution in [2.75, 3.05) is 36.3 Å². The number of hydrogen-bond donors (Lipinski definition) is 3.